The molecule has 0 atom stereocenters. The van der Waals surface area contributed by atoms with E-state index < -0.39 is 4.92 Å². The molecule has 0 aliphatic heterocycles. The number of carbonyl (C=O) groups excluding carboxylic acids is 1. The van der Waals surface area contributed by atoms with Crippen LogP contribution in [0.25, 0.3) is 0 Å². The maximum atomic E-state index is 11.2. The highest BCUT2D eigenvalue weighted by Gasteiger charge is 2.17. The zero-order chi connectivity index (χ0) is 11.4. The number of hydrogen-bond acceptors (Lipinski definition) is 4. The van der Waals surface area contributed by atoms with Crippen molar-refractivity contribution >= 4 is 11.6 Å². The standard InChI is InChI=1S/C8H12N4O3/c1-3-9-8(13)5-11-6(2)7(4-10-11)12(14)15/h4H,3,5H2,1-2H3,(H,9,13). The Bertz CT molecular complexity index is 385. The molecule has 1 aromatic rings. The molecule has 7 heteroatoms. The Morgan fingerprint density at radius 3 is 2.87 bits per heavy atom. The highest BCUT2D eigenvalue weighted by atomic mass is 16.6. The summed E-state index contributed by atoms with van der Waals surface area (Å²) in [6, 6.07) is 0. The van der Waals surface area contributed by atoms with E-state index in [9.17, 15) is 14.9 Å². The Morgan fingerprint density at radius 2 is 2.40 bits per heavy atom. The number of rotatable bonds is 4. The molecule has 1 rings (SSSR count). The maximum Gasteiger partial charge on any atom is 0.309 e. The van der Waals surface area contributed by atoms with Crippen LogP contribution in [-0.4, -0.2) is 27.2 Å². The van der Waals surface area contributed by atoms with Gasteiger partial charge in [0.05, 0.1) is 4.92 Å². The van der Waals surface area contributed by atoms with Crippen LogP contribution >= 0.6 is 0 Å². The third kappa shape index (κ3) is 2.52. The van der Waals surface area contributed by atoms with Crippen LogP contribution in [0.15, 0.2) is 6.20 Å². The van der Waals surface area contributed by atoms with E-state index in [4.69, 9.17) is 0 Å². The quantitative estimate of drug-likeness (QED) is 0.571. The van der Waals surface area contributed by atoms with E-state index in [1.807, 2.05) is 0 Å². The first kappa shape index (κ1) is 11.2. The van der Waals surface area contributed by atoms with Gasteiger partial charge >= 0.3 is 5.69 Å². The van der Waals surface area contributed by atoms with E-state index in [0.29, 0.717) is 12.2 Å². The molecule has 1 aromatic heterocycles. The first-order valence-electron chi connectivity index (χ1n) is 4.49. The predicted octanol–water partition coefficient (Wildman–Crippen LogP) is 0.236. The molecule has 15 heavy (non-hydrogen) atoms. The van der Waals surface area contributed by atoms with E-state index in [-0.39, 0.29) is 18.1 Å². The first-order chi connectivity index (χ1) is 7.06. The van der Waals surface area contributed by atoms with Gasteiger partial charge in [0, 0.05) is 6.54 Å². The van der Waals surface area contributed by atoms with Crippen molar-refractivity contribution in [3.05, 3.63) is 22.0 Å². The largest absolute Gasteiger partial charge is 0.355 e. The summed E-state index contributed by atoms with van der Waals surface area (Å²) in [5.74, 6) is -0.210. The SMILES string of the molecule is CCNC(=O)Cn1ncc([N+](=O)[O-])c1C. The molecule has 0 bridgehead atoms. The Labute approximate surface area is 86.2 Å². The van der Waals surface area contributed by atoms with E-state index in [1.54, 1.807) is 13.8 Å². The summed E-state index contributed by atoms with van der Waals surface area (Å²) in [5.41, 5.74) is 0.311. The lowest BCUT2D eigenvalue weighted by atomic mass is 10.4. The number of carbonyl (C=O) groups is 1. The van der Waals surface area contributed by atoms with Gasteiger partial charge in [-0.25, -0.2) is 0 Å². The second kappa shape index (κ2) is 4.54. The molecule has 82 valence electrons. The van der Waals surface area contributed by atoms with Gasteiger partial charge in [0.2, 0.25) is 5.91 Å². The Balaban J connectivity index is 2.79. The zero-order valence-corrected chi connectivity index (χ0v) is 8.56. The Morgan fingerprint density at radius 1 is 1.73 bits per heavy atom. The van der Waals surface area contributed by atoms with Gasteiger partial charge in [0.25, 0.3) is 0 Å². The summed E-state index contributed by atoms with van der Waals surface area (Å²) in [7, 11) is 0. The summed E-state index contributed by atoms with van der Waals surface area (Å²) in [6.07, 6.45) is 1.15. The average Bonchev–Trinajstić information content (AvgIpc) is 2.48. The number of aromatic nitrogens is 2. The van der Waals surface area contributed by atoms with Crippen molar-refractivity contribution in [3.8, 4) is 0 Å². The van der Waals surface area contributed by atoms with Crippen LogP contribution in [0.2, 0.25) is 0 Å². The van der Waals surface area contributed by atoms with E-state index in [0.717, 1.165) is 6.20 Å². The van der Waals surface area contributed by atoms with Crippen LogP contribution < -0.4 is 5.32 Å². The highest BCUT2D eigenvalue weighted by molar-refractivity contribution is 5.75. The molecule has 0 saturated heterocycles. The normalized spacial score (nSPS) is 10.0. The molecule has 0 unspecified atom stereocenters. The van der Waals surface area contributed by atoms with Crippen LogP contribution in [0.1, 0.15) is 12.6 Å². The topological polar surface area (TPSA) is 90.1 Å². The number of nitrogens with one attached hydrogen (secondary N) is 1. The Hall–Kier alpha value is -1.92. The summed E-state index contributed by atoms with van der Waals surface area (Å²) in [4.78, 5) is 21.2. The molecule has 1 heterocycles. The van der Waals surface area contributed by atoms with Crippen molar-refractivity contribution < 1.29 is 9.72 Å². The second-order valence-corrected chi connectivity index (χ2v) is 2.98. The second-order valence-electron chi connectivity index (χ2n) is 2.98. The minimum absolute atomic E-state index is 0.00745. The molecule has 0 radical (unpaired) electrons. The fourth-order valence-corrected chi connectivity index (χ4v) is 1.16. The lowest BCUT2D eigenvalue weighted by Gasteiger charge is -2.03. The molecule has 0 aromatic carbocycles. The van der Waals surface area contributed by atoms with Gasteiger partial charge in [-0.3, -0.25) is 19.6 Å². The number of nitrogens with zero attached hydrogens (tertiary/aromatic N) is 3. The minimum atomic E-state index is -0.517. The van der Waals surface area contributed by atoms with Crippen LogP contribution in [-0.2, 0) is 11.3 Å². The van der Waals surface area contributed by atoms with Crippen molar-refractivity contribution in [2.45, 2.75) is 20.4 Å². The van der Waals surface area contributed by atoms with Gasteiger partial charge in [-0.1, -0.05) is 0 Å². The van der Waals surface area contributed by atoms with Crippen molar-refractivity contribution in [1.82, 2.24) is 15.1 Å². The highest BCUT2D eigenvalue weighted by Crippen LogP contribution is 2.15. The first-order valence-corrected chi connectivity index (χ1v) is 4.49. The minimum Gasteiger partial charge on any atom is -0.355 e. The molecule has 1 N–H and O–H groups in total. The molecular formula is C8H12N4O3. The predicted molar refractivity (Wildman–Crippen MR) is 52.3 cm³/mol. The van der Waals surface area contributed by atoms with Crippen molar-refractivity contribution in [2.75, 3.05) is 6.54 Å². The third-order valence-electron chi connectivity index (χ3n) is 1.94. The number of nitro groups is 1. The molecular weight excluding hydrogens is 200 g/mol. The fourth-order valence-electron chi connectivity index (χ4n) is 1.16. The molecule has 1 amide bonds. The zero-order valence-electron chi connectivity index (χ0n) is 8.56. The lowest BCUT2D eigenvalue weighted by Crippen LogP contribution is -2.27. The van der Waals surface area contributed by atoms with E-state index in [2.05, 4.69) is 10.4 Å². The van der Waals surface area contributed by atoms with Gasteiger partial charge in [0.15, 0.2) is 0 Å². The molecule has 0 saturated carbocycles. The third-order valence-corrected chi connectivity index (χ3v) is 1.94. The average molecular weight is 212 g/mol. The lowest BCUT2D eigenvalue weighted by molar-refractivity contribution is -0.385. The molecule has 7 nitrogen and oxygen atoms in total. The van der Waals surface area contributed by atoms with Crippen LogP contribution in [0.3, 0.4) is 0 Å². The van der Waals surface area contributed by atoms with Gasteiger partial charge in [-0.2, -0.15) is 5.10 Å². The smallest absolute Gasteiger partial charge is 0.309 e. The van der Waals surface area contributed by atoms with Crippen molar-refractivity contribution in [3.63, 3.8) is 0 Å². The monoisotopic (exact) mass is 212 g/mol. The molecule has 0 fully saturated rings. The summed E-state index contributed by atoms with van der Waals surface area (Å²) in [5, 5.41) is 16.9. The molecule has 0 aliphatic rings. The maximum absolute atomic E-state index is 11.2. The van der Waals surface area contributed by atoms with E-state index in [1.165, 1.54) is 4.68 Å². The van der Waals surface area contributed by atoms with Crippen LogP contribution in [0.5, 0.6) is 0 Å². The van der Waals surface area contributed by atoms with Gasteiger partial charge < -0.3 is 5.32 Å². The summed E-state index contributed by atoms with van der Waals surface area (Å²) in [6.45, 7) is 3.90. The van der Waals surface area contributed by atoms with Crippen molar-refractivity contribution in [2.24, 2.45) is 0 Å². The number of hydrogen-bond donors (Lipinski definition) is 1. The Kier molecular flexibility index (Phi) is 3.37. The molecule has 0 spiro atoms. The fraction of sp³-hybridized carbons (Fsp3) is 0.500. The van der Waals surface area contributed by atoms with Crippen molar-refractivity contribution in [1.29, 1.82) is 0 Å². The number of likely N-dealkylation sites (N-methyl/N-ethyl adjacent to an activating group) is 1. The van der Waals surface area contributed by atoms with Crippen LogP contribution in [0.4, 0.5) is 5.69 Å². The summed E-state index contributed by atoms with van der Waals surface area (Å²) >= 11 is 0. The molecule has 0 aliphatic carbocycles. The van der Waals surface area contributed by atoms with Crippen LogP contribution in [0, 0.1) is 17.0 Å². The summed E-state index contributed by atoms with van der Waals surface area (Å²) < 4.78 is 1.31. The van der Waals surface area contributed by atoms with E-state index >= 15 is 0 Å². The van der Waals surface area contributed by atoms with Gasteiger partial charge in [-0.05, 0) is 13.8 Å². The number of amides is 1. The van der Waals surface area contributed by atoms with Gasteiger partial charge in [0.1, 0.15) is 18.4 Å². The van der Waals surface area contributed by atoms with Gasteiger partial charge in [-0.15, -0.1) is 0 Å².